The standard InChI is InChI=1S/C15H17FN2O3/c1-15(2)13(19)12-5-10(21-8-9(6-16)7-17)3-4-11(12)14(20)18-15/h3-6H,7-8,17H2,1-2H3,(H,18,20). The van der Waals surface area contributed by atoms with Gasteiger partial charge in [0.1, 0.15) is 12.4 Å². The number of ether oxygens (including phenoxy) is 1. The van der Waals surface area contributed by atoms with E-state index in [1.54, 1.807) is 19.9 Å². The Morgan fingerprint density at radius 2 is 2.10 bits per heavy atom. The molecule has 1 aromatic carbocycles. The van der Waals surface area contributed by atoms with Gasteiger partial charge in [0.2, 0.25) is 0 Å². The van der Waals surface area contributed by atoms with E-state index >= 15 is 0 Å². The zero-order chi connectivity index (χ0) is 15.6. The largest absolute Gasteiger partial charge is 0.489 e. The first-order valence-corrected chi connectivity index (χ1v) is 6.51. The lowest BCUT2D eigenvalue weighted by Gasteiger charge is -2.30. The summed E-state index contributed by atoms with van der Waals surface area (Å²) in [5.41, 5.74) is 5.30. The molecule has 0 unspecified atom stereocenters. The van der Waals surface area contributed by atoms with Crippen molar-refractivity contribution in [2.75, 3.05) is 13.2 Å². The van der Waals surface area contributed by atoms with Crippen molar-refractivity contribution in [2.45, 2.75) is 19.4 Å². The van der Waals surface area contributed by atoms with Gasteiger partial charge in [0.25, 0.3) is 5.91 Å². The summed E-state index contributed by atoms with van der Waals surface area (Å²) in [5, 5.41) is 2.65. The first-order chi connectivity index (χ1) is 9.89. The first-order valence-electron chi connectivity index (χ1n) is 6.51. The topological polar surface area (TPSA) is 81.4 Å². The Morgan fingerprint density at radius 3 is 2.71 bits per heavy atom. The molecule has 0 fully saturated rings. The van der Waals surface area contributed by atoms with Gasteiger partial charge in [-0.05, 0) is 32.0 Å². The summed E-state index contributed by atoms with van der Waals surface area (Å²) in [4.78, 5) is 24.3. The fourth-order valence-electron chi connectivity index (χ4n) is 2.05. The van der Waals surface area contributed by atoms with Crippen molar-refractivity contribution in [2.24, 2.45) is 5.73 Å². The minimum absolute atomic E-state index is 0.00440. The molecule has 0 aliphatic carbocycles. The van der Waals surface area contributed by atoms with Crippen LogP contribution in [0.5, 0.6) is 5.75 Å². The Bertz CT molecular complexity index is 623. The van der Waals surface area contributed by atoms with Crippen molar-refractivity contribution in [1.82, 2.24) is 5.32 Å². The summed E-state index contributed by atoms with van der Waals surface area (Å²) in [7, 11) is 0. The van der Waals surface area contributed by atoms with Crippen LogP contribution in [0.25, 0.3) is 0 Å². The van der Waals surface area contributed by atoms with Gasteiger partial charge in [-0.1, -0.05) is 0 Å². The molecule has 0 saturated carbocycles. The number of carbonyl (C=O) groups excluding carboxylic acids is 2. The quantitative estimate of drug-likeness (QED) is 0.883. The van der Waals surface area contributed by atoms with Gasteiger partial charge in [-0.2, -0.15) is 0 Å². The summed E-state index contributed by atoms with van der Waals surface area (Å²) >= 11 is 0. The molecule has 1 aliphatic rings. The van der Waals surface area contributed by atoms with Crippen molar-refractivity contribution >= 4 is 11.7 Å². The average Bonchev–Trinajstić information content (AvgIpc) is 2.45. The summed E-state index contributed by atoms with van der Waals surface area (Å²) in [6, 6.07) is 4.59. The monoisotopic (exact) mass is 292 g/mol. The molecule has 1 aliphatic heterocycles. The second kappa shape index (κ2) is 5.65. The third kappa shape index (κ3) is 2.95. The third-order valence-corrected chi connectivity index (χ3v) is 3.31. The van der Waals surface area contributed by atoms with Crippen LogP contribution in [0, 0.1) is 0 Å². The lowest BCUT2D eigenvalue weighted by molar-refractivity contribution is 0.0767. The van der Waals surface area contributed by atoms with Crippen LogP contribution >= 0.6 is 0 Å². The first kappa shape index (κ1) is 15.2. The van der Waals surface area contributed by atoms with Crippen molar-refractivity contribution < 1.29 is 18.7 Å². The van der Waals surface area contributed by atoms with E-state index in [0.717, 1.165) is 0 Å². The number of rotatable bonds is 4. The van der Waals surface area contributed by atoms with Crippen molar-refractivity contribution in [1.29, 1.82) is 0 Å². The molecular formula is C15H17FN2O3. The summed E-state index contributed by atoms with van der Waals surface area (Å²) in [5.74, 6) is -0.101. The lowest BCUT2D eigenvalue weighted by atomic mass is 9.86. The molecule has 112 valence electrons. The number of nitrogens with one attached hydrogen (secondary N) is 1. The Kier molecular flexibility index (Phi) is 4.09. The molecule has 0 spiro atoms. The SMILES string of the molecule is CC1(C)NC(=O)c2ccc(OCC(=CF)CN)cc2C1=O. The molecule has 21 heavy (non-hydrogen) atoms. The number of ketones is 1. The number of amides is 1. The van der Waals surface area contributed by atoms with Crippen LogP contribution < -0.4 is 15.8 Å². The van der Waals surface area contributed by atoms with Gasteiger partial charge in [0.05, 0.1) is 17.4 Å². The van der Waals surface area contributed by atoms with E-state index < -0.39 is 5.54 Å². The molecule has 5 nitrogen and oxygen atoms in total. The van der Waals surface area contributed by atoms with Crippen molar-refractivity contribution in [3.8, 4) is 5.75 Å². The van der Waals surface area contributed by atoms with Crippen LogP contribution in [-0.4, -0.2) is 30.4 Å². The molecule has 1 aromatic rings. The van der Waals surface area contributed by atoms with E-state index in [1.165, 1.54) is 12.1 Å². The van der Waals surface area contributed by atoms with Gasteiger partial charge in [0.15, 0.2) is 5.78 Å². The van der Waals surface area contributed by atoms with E-state index in [2.05, 4.69) is 5.32 Å². The maximum Gasteiger partial charge on any atom is 0.252 e. The number of halogens is 1. The maximum absolute atomic E-state index is 12.4. The normalized spacial score (nSPS) is 17.2. The van der Waals surface area contributed by atoms with Crippen LogP contribution in [0.2, 0.25) is 0 Å². The van der Waals surface area contributed by atoms with Crippen LogP contribution in [0.3, 0.4) is 0 Å². The van der Waals surface area contributed by atoms with Gasteiger partial charge in [0, 0.05) is 17.7 Å². The van der Waals surface area contributed by atoms with Gasteiger partial charge in [-0.25, -0.2) is 4.39 Å². The number of fused-ring (bicyclic) bond motifs is 1. The Balaban J connectivity index is 2.28. The predicted molar refractivity (Wildman–Crippen MR) is 76.1 cm³/mol. The highest BCUT2D eigenvalue weighted by Crippen LogP contribution is 2.26. The van der Waals surface area contributed by atoms with Crippen LogP contribution in [-0.2, 0) is 0 Å². The van der Waals surface area contributed by atoms with E-state index in [1.807, 2.05) is 0 Å². The Morgan fingerprint density at radius 1 is 1.38 bits per heavy atom. The molecule has 6 heteroatoms. The smallest absolute Gasteiger partial charge is 0.252 e. The second-order valence-electron chi connectivity index (χ2n) is 5.38. The molecule has 0 saturated heterocycles. The number of benzene rings is 1. The number of hydrogen-bond donors (Lipinski definition) is 2. The van der Waals surface area contributed by atoms with Crippen molar-refractivity contribution in [3.05, 3.63) is 41.2 Å². The molecule has 2 rings (SSSR count). The average molecular weight is 292 g/mol. The van der Waals surface area contributed by atoms with Gasteiger partial charge >= 0.3 is 0 Å². The Labute approximate surface area is 122 Å². The van der Waals surface area contributed by atoms with E-state index in [0.29, 0.717) is 28.8 Å². The van der Waals surface area contributed by atoms with Gasteiger partial charge < -0.3 is 15.8 Å². The number of carbonyl (C=O) groups is 2. The highest BCUT2D eigenvalue weighted by molar-refractivity contribution is 6.17. The fraction of sp³-hybridized carbons (Fsp3) is 0.333. The van der Waals surface area contributed by atoms with E-state index in [9.17, 15) is 14.0 Å². The van der Waals surface area contributed by atoms with Gasteiger partial charge in [-0.15, -0.1) is 0 Å². The number of nitrogens with two attached hydrogens (primary N) is 1. The zero-order valence-corrected chi connectivity index (χ0v) is 11.9. The summed E-state index contributed by atoms with van der Waals surface area (Å²) in [6.07, 6.45) is 0.403. The maximum atomic E-state index is 12.4. The highest BCUT2D eigenvalue weighted by Gasteiger charge is 2.38. The van der Waals surface area contributed by atoms with Gasteiger partial charge in [-0.3, -0.25) is 9.59 Å². The summed E-state index contributed by atoms with van der Waals surface area (Å²) in [6.45, 7) is 3.33. The molecule has 0 radical (unpaired) electrons. The molecule has 0 bridgehead atoms. The molecule has 1 heterocycles. The predicted octanol–water partition coefficient (Wildman–Crippen LogP) is 1.58. The molecule has 0 aromatic heterocycles. The minimum atomic E-state index is -0.954. The van der Waals surface area contributed by atoms with Crippen molar-refractivity contribution in [3.63, 3.8) is 0 Å². The molecule has 1 amide bonds. The number of Topliss-reactive ketones (excluding diaryl/α,β-unsaturated/α-hetero) is 1. The number of hydrogen-bond acceptors (Lipinski definition) is 4. The van der Waals surface area contributed by atoms with E-state index in [4.69, 9.17) is 10.5 Å². The molecule has 3 N–H and O–H groups in total. The lowest BCUT2D eigenvalue weighted by Crippen LogP contribution is -2.53. The summed E-state index contributed by atoms with van der Waals surface area (Å²) < 4.78 is 17.8. The Hall–Kier alpha value is -2.21. The highest BCUT2D eigenvalue weighted by atomic mass is 19.1. The minimum Gasteiger partial charge on any atom is -0.489 e. The molecular weight excluding hydrogens is 275 g/mol. The van der Waals surface area contributed by atoms with Crippen LogP contribution in [0.15, 0.2) is 30.1 Å². The third-order valence-electron chi connectivity index (χ3n) is 3.31. The second-order valence-corrected chi connectivity index (χ2v) is 5.38. The van der Waals surface area contributed by atoms with E-state index in [-0.39, 0.29) is 24.8 Å². The zero-order valence-electron chi connectivity index (χ0n) is 11.9. The molecule has 0 atom stereocenters. The fourth-order valence-corrected chi connectivity index (χ4v) is 2.05. The van der Waals surface area contributed by atoms with Crippen LogP contribution in [0.1, 0.15) is 34.6 Å². The van der Waals surface area contributed by atoms with Crippen LogP contribution in [0.4, 0.5) is 4.39 Å².